The number of hydrogen-bond acceptors (Lipinski definition) is 2. The summed E-state index contributed by atoms with van der Waals surface area (Å²) >= 11 is 0. The number of ether oxygens (including phenoxy) is 1. The fraction of sp³-hybridized carbons (Fsp3) is 0.462. The zero-order valence-electron chi connectivity index (χ0n) is 9.45. The van der Waals surface area contributed by atoms with Gasteiger partial charge in [-0.3, -0.25) is 4.79 Å². The zero-order valence-corrected chi connectivity index (χ0v) is 9.45. The van der Waals surface area contributed by atoms with Crippen molar-refractivity contribution in [2.45, 2.75) is 39.5 Å². The van der Waals surface area contributed by atoms with Crippen LogP contribution in [0.4, 0.5) is 0 Å². The maximum atomic E-state index is 10.8. The second kappa shape index (κ2) is 8.80. The van der Waals surface area contributed by atoms with Crippen molar-refractivity contribution in [2.24, 2.45) is 0 Å². The molecule has 0 spiro atoms. The fourth-order valence-corrected chi connectivity index (χ4v) is 1.51. The van der Waals surface area contributed by atoms with Crippen LogP contribution in [0.15, 0.2) is 24.3 Å². The molecular weight excluding hydrogens is 211 g/mol. The molecule has 0 aliphatic heterocycles. The van der Waals surface area contributed by atoms with Gasteiger partial charge in [-0.15, -0.1) is 0 Å². The summed E-state index contributed by atoms with van der Waals surface area (Å²) in [5.41, 5.74) is 1.24. The third-order valence-corrected chi connectivity index (χ3v) is 2.23. The van der Waals surface area contributed by atoms with Crippen LogP contribution < -0.4 is 4.74 Å². The molecule has 0 aliphatic carbocycles. The van der Waals surface area contributed by atoms with Crippen molar-refractivity contribution in [3.63, 3.8) is 0 Å². The molecule has 1 aromatic rings. The second-order valence-electron chi connectivity index (χ2n) is 3.70. The predicted octanol–water partition coefficient (Wildman–Crippen LogP) is 2.70. The van der Waals surface area contributed by atoms with E-state index in [1.807, 2.05) is 18.2 Å². The Morgan fingerprint density at radius 2 is 2.06 bits per heavy atom. The number of unbranched alkanes of at least 4 members (excludes halogenated alkanes) is 2. The summed E-state index contributed by atoms with van der Waals surface area (Å²) in [6.07, 6.45) is 4.73. The van der Waals surface area contributed by atoms with Gasteiger partial charge in [0.2, 0.25) is 0 Å². The molecule has 0 unspecified atom stereocenters. The molecule has 0 N–H and O–H groups in total. The van der Waals surface area contributed by atoms with E-state index in [9.17, 15) is 4.79 Å². The van der Waals surface area contributed by atoms with Gasteiger partial charge in [-0.25, -0.2) is 0 Å². The molecule has 0 aliphatic rings. The van der Waals surface area contributed by atoms with E-state index in [0.29, 0.717) is 5.75 Å². The Bertz CT molecular complexity index is 323. The summed E-state index contributed by atoms with van der Waals surface area (Å²) in [5.74, 6) is 0.386. The Morgan fingerprint density at radius 3 is 2.69 bits per heavy atom. The topological polar surface area (TPSA) is 26.3 Å². The molecule has 0 radical (unpaired) electrons. The molecule has 84 valence electrons. The fourth-order valence-electron chi connectivity index (χ4n) is 1.51. The van der Waals surface area contributed by atoms with Crippen LogP contribution in [0.25, 0.3) is 0 Å². The molecule has 0 atom stereocenters. The van der Waals surface area contributed by atoms with Gasteiger partial charge in [-0.1, -0.05) is 31.9 Å². The minimum absolute atomic E-state index is 0. The van der Waals surface area contributed by atoms with Crippen molar-refractivity contribution in [3.05, 3.63) is 29.8 Å². The van der Waals surface area contributed by atoms with Crippen LogP contribution in [0.3, 0.4) is 0 Å². The zero-order chi connectivity index (χ0) is 11.1. The van der Waals surface area contributed by atoms with E-state index < -0.39 is 0 Å². The summed E-state index contributed by atoms with van der Waals surface area (Å²) < 4.78 is 5.02. The van der Waals surface area contributed by atoms with Gasteiger partial charge in [0.15, 0.2) is 0 Å². The summed E-state index contributed by atoms with van der Waals surface area (Å²) in [5, 5.41) is 0. The number of carbonyl (C=O) groups is 1. The second-order valence-corrected chi connectivity index (χ2v) is 3.70. The predicted molar refractivity (Wildman–Crippen MR) is 68.1 cm³/mol. The number of benzene rings is 1. The SMILES string of the molecule is CCCCCc1cccc(OC(C)=O)c1.[NaH]. The molecule has 16 heavy (non-hydrogen) atoms. The first-order chi connectivity index (χ1) is 7.22. The molecule has 1 rings (SSSR count). The van der Waals surface area contributed by atoms with Gasteiger partial charge in [0.05, 0.1) is 0 Å². The Labute approximate surface area is 120 Å². The third kappa shape index (κ3) is 6.31. The van der Waals surface area contributed by atoms with E-state index in [4.69, 9.17) is 4.74 Å². The normalized spacial score (nSPS) is 9.38. The van der Waals surface area contributed by atoms with Crippen molar-refractivity contribution in [1.29, 1.82) is 0 Å². The minimum atomic E-state index is -0.263. The first kappa shape index (κ1) is 15.7. The third-order valence-electron chi connectivity index (χ3n) is 2.23. The Kier molecular flexibility index (Phi) is 8.63. The maximum absolute atomic E-state index is 10.8. The van der Waals surface area contributed by atoms with Crippen molar-refractivity contribution >= 4 is 35.5 Å². The summed E-state index contributed by atoms with van der Waals surface area (Å²) in [6, 6.07) is 7.75. The van der Waals surface area contributed by atoms with Gasteiger partial charge < -0.3 is 4.74 Å². The van der Waals surface area contributed by atoms with Crippen LogP contribution >= 0.6 is 0 Å². The van der Waals surface area contributed by atoms with Gasteiger partial charge in [0.25, 0.3) is 0 Å². The summed E-state index contributed by atoms with van der Waals surface area (Å²) in [7, 11) is 0. The quantitative estimate of drug-likeness (QED) is 0.336. The van der Waals surface area contributed by atoms with Crippen LogP contribution in [-0.2, 0) is 11.2 Å². The van der Waals surface area contributed by atoms with Crippen LogP contribution in [0.2, 0.25) is 0 Å². The van der Waals surface area contributed by atoms with Crippen molar-refractivity contribution in [1.82, 2.24) is 0 Å². The van der Waals surface area contributed by atoms with E-state index in [-0.39, 0.29) is 35.5 Å². The monoisotopic (exact) mass is 230 g/mol. The molecule has 0 heterocycles. The van der Waals surface area contributed by atoms with Crippen LogP contribution in [0.5, 0.6) is 5.75 Å². The summed E-state index contributed by atoms with van der Waals surface area (Å²) in [4.78, 5) is 10.8. The van der Waals surface area contributed by atoms with Crippen molar-refractivity contribution < 1.29 is 9.53 Å². The van der Waals surface area contributed by atoms with Crippen molar-refractivity contribution in [2.75, 3.05) is 0 Å². The Morgan fingerprint density at radius 1 is 1.31 bits per heavy atom. The number of esters is 1. The van der Waals surface area contributed by atoms with Gasteiger partial charge in [0, 0.05) is 6.92 Å². The molecule has 0 amide bonds. The van der Waals surface area contributed by atoms with Crippen molar-refractivity contribution in [3.8, 4) is 5.75 Å². The van der Waals surface area contributed by atoms with E-state index in [0.717, 1.165) is 6.42 Å². The molecule has 3 heteroatoms. The van der Waals surface area contributed by atoms with E-state index in [2.05, 4.69) is 13.0 Å². The molecule has 2 nitrogen and oxygen atoms in total. The molecule has 0 fully saturated rings. The summed E-state index contributed by atoms with van der Waals surface area (Å²) in [6.45, 7) is 3.61. The van der Waals surface area contributed by atoms with Gasteiger partial charge in [-0.05, 0) is 30.5 Å². The van der Waals surface area contributed by atoms with E-state index in [1.54, 1.807) is 0 Å². The molecule has 0 bridgehead atoms. The number of aryl methyl sites for hydroxylation is 1. The van der Waals surface area contributed by atoms with Crippen LogP contribution in [0.1, 0.15) is 38.7 Å². The van der Waals surface area contributed by atoms with Crippen LogP contribution in [0, 0.1) is 0 Å². The average molecular weight is 230 g/mol. The Hall–Kier alpha value is -0.310. The molecule has 1 aromatic carbocycles. The van der Waals surface area contributed by atoms with Gasteiger partial charge in [0.1, 0.15) is 5.75 Å². The van der Waals surface area contributed by atoms with Gasteiger partial charge in [-0.2, -0.15) is 0 Å². The molecule has 0 saturated heterocycles. The first-order valence-electron chi connectivity index (χ1n) is 5.49. The average Bonchev–Trinajstić information content (AvgIpc) is 2.18. The van der Waals surface area contributed by atoms with E-state index in [1.165, 1.54) is 31.7 Å². The standard InChI is InChI=1S/C13H18O2.Na.H/c1-3-4-5-7-12-8-6-9-13(10-12)15-11(2)14;;/h6,8-10H,3-5,7H2,1-2H3;;. The Balaban J connectivity index is 0.00000225. The number of carbonyl (C=O) groups excluding carboxylic acids is 1. The number of hydrogen-bond donors (Lipinski definition) is 0. The first-order valence-corrected chi connectivity index (χ1v) is 5.49. The molecular formula is C13H19NaO2. The molecule has 0 aromatic heterocycles. The van der Waals surface area contributed by atoms with E-state index >= 15 is 0 Å². The number of rotatable bonds is 5. The molecule has 0 saturated carbocycles. The van der Waals surface area contributed by atoms with Gasteiger partial charge >= 0.3 is 35.5 Å². The van der Waals surface area contributed by atoms with Crippen LogP contribution in [-0.4, -0.2) is 35.5 Å².